The monoisotopic (exact) mass is 265 g/mol. The van der Waals surface area contributed by atoms with Crippen LogP contribution in [-0.2, 0) is 6.42 Å². The molecule has 0 saturated carbocycles. The third-order valence-corrected chi connectivity index (χ3v) is 3.74. The predicted octanol–water partition coefficient (Wildman–Crippen LogP) is 3.70. The molecule has 0 saturated heterocycles. The fourth-order valence-electron chi connectivity index (χ4n) is 2.50. The van der Waals surface area contributed by atoms with Gasteiger partial charge in [0.05, 0.1) is 6.10 Å². The summed E-state index contributed by atoms with van der Waals surface area (Å²) in [5, 5.41) is 14.4. The normalized spacial score (nSPS) is 22.7. The van der Waals surface area contributed by atoms with Crippen molar-refractivity contribution >= 4 is 17.3 Å². The van der Waals surface area contributed by atoms with Gasteiger partial charge in [-0.1, -0.05) is 29.3 Å². The Hall–Kier alpha value is -0.990. The molecule has 1 aliphatic rings. The standard InChI is InChI=1S/C15H20ClNO/c1-9(2)6-12-8-13(18)7-11-4-5-14(16)10(3)15(11)17-12/h4-6,12-13,17-18H,7-8H2,1-3H3/t12-,13+/m1/s1. The Balaban J connectivity index is 2.41. The maximum Gasteiger partial charge on any atom is 0.0604 e. The van der Waals surface area contributed by atoms with Crippen LogP contribution < -0.4 is 5.32 Å². The molecule has 0 aromatic heterocycles. The lowest BCUT2D eigenvalue weighted by molar-refractivity contribution is 0.165. The summed E-state index contributed by atoms with van der Waals surface area (Å²) < 4.78 is 0. The fraction of sp³-hybridized carbons (Fsp3) is 0.467. The lowest BCUT2D eigenvalue weighted by atomic mass is 10.0. The van der Waals surface area contributed by atoms with E-state index in [0.29, 0.717) is 6.42 Å². The van der Waals surface area contributed by atoms with Crippen LogP contribution in [0.15, 0.2) is 23.8 Å². The van der Waals surface area contributed by atoms with Crippen LogP contribution in [0.5, 0.6) is 0 Å². The summed E-state index contributed by atoms with van der Waals surface area (Å²) in [4.78, 5) is 0. The summed E-state index contributed by atoms with van der Waals surface area (Å²) in [5.41, 5.74) is 4.55. The molecule has 98 valence electrons. The second-order valence-electron chi connectivity index (χ2n) is 5.30. The maximum absolute atomic E-state index is 10.1. The number of hydrogen-bond donors (Lipinski definition) is 2. The first-order valence-corrected chi connectivity index (χ1v) is 6.72. The van der Waals surface area contributed by atoms with E-state index in [1.807, 2.05) is 19.1 Å². The molecule has 0 spiro atoms. The molecule has 0 unspecified atom stereocenters. The molecule has 2 N–H and O–H groups in total. The minimum atomic E-state index is -0.306. The average Bonchev–Trinajstić information content (AvgIpc) is 2.42. The molecule has 0 amide bonds. The smallest absolute Gasteiger partial charge is 0.0604 e. The van der Waals surface area contributed by atoms with Gasteiger partial charge in [0.2, 0.25) is 0 Å². The van der Waals surface area contributed by atoms with E-state index in [1.54, 1.807) is 0 Å². The van der Waals surface area contributed by atoms with Crippen LogP contribution in [0.3, 0.4) is 0 Å². The highest BCUT2D eigenvalue weighted by Gasteiger charge is 2.22. The Kier molecular flexibility index (Phi) is 3.98. The topological polar surface area (TPSA) is 32.3 Å². The van der Waals surface area contributed by atoms with Gasteiger partial charge in [0.1, 0.15) is 0 Å². The molecule has 0 aliphatic carbocycles. The van der Waals surface area contributed by atoms with Crippen molar-refractivity contribution in [3.8, 4) is 0 Å². The molecule has 2 rings (SSSR count). The fourth-order valence-corrected chi connectivity index (χ4v) is 2.66. The van der Waals surface area contributed by atoms with Crippen LogP contribution in [-0.4, -0.2) is 17.3 Å². The van der Waals surface area contributed by atoms with E-state index in [2.05, 4.69) is 25.2 Å². The zero-order chi connectivity index (χ0) is 13.3. The molecule has 0 fully saturated rings. The van der Waals surface area contributed by atoms with E-state index in [0.717, 1.165) is 28.3 Å². The van der Waals surface area contributed by atoms with Gasteiger partial charge in [-0.2, -0.15) is 0 Å². The minimum Gasteiger partial charge on any atom is -0.393 e. The summed E-state index contributed by atoms with van der Waals surface area (Å²) in [5.74, 6) is 0. The zero-order valence-electron chi connectivity index (χ0n) is 11.1. The molecular weight excluding hydrogens is 246 g/mol. The van der Waals surface area contributed by atoms with Crippen LogP contribution in [0.2, 0.25) is 5.02 Å². The number of aliphatic hydroxyl groups excluding tert-OH is 1. The second kappa shape index (κ2) is 5.33. The number of halogens is 1. The van der Waals surface area contributed by atoms with Crippen molar-refractivity contribution in [3.63, 3.8) is 0 Å². The van der Waals surface area contributed by atoms with E-state index in [9.17, 15) is 5.11 Å². The Labute approximate surface area is 114 Å². The average molecular weight is 266 g/mol. The number of benzene rings is 1. The number of hydrogen-bond acceptors (Lipinski definition) is 2. The van der Waals surface area contributed by atoms with E-state index >= 15 is 0 Å². The third-order valence-electron chi connectivity index (χ3n) is 3.33. The molecule has 1 aromatic rings. The second-order valence-corrected chi connectivity index (χ2v) is 5.70. The molecule has 1 heterocycles. The molecule has 1 aliphatic heterocycles. The van der Waals surface area contributed by atoms with Gasteiger partial charge in [-0.25, -0.2) is 0 Å². The van der Waals surface area contributed by atoms with Gasteiger partial charge in [0.15, 0.2) is 0 Å². The minimum absolute atomic E-state index is 0.170. The number of rotatable bonds is 1. The summed E-state index contributed by atoms with van der Waals surface area (Å²) in [7, 11) is 0. The van der Waals surface area contributed by atoms with Crippen LogP contribution in [0, 0.1) is 6.92 Å². The van der Waals surface area contributed by atoms with E-state index in [-0.39, 0.29) is 12.1 Å². The van der Waals surface area contributed by atoms with Crippen molar-refractivity contribution < 1.29 is 5.11 Å². The Morgan fingerprint density at radius 2 is 2.17 bits per heavy atom. The molecular formula is C15H20ClNO. The highest BCUT2D eigenvalue weighted by atomic mass is 35.5. The lowest BCUT2D eigenvalue weighted by Gasteiger charge is -2.18. The SMILES string of the molecule is CC(C)=C[C@@H]1C[C@@H](O)Cc2ccc(Cl)c(C)c2N1. The molecule has 3 heteroatoms. The Morgan fingerprint density at radius 3 is 2.83 bits per heavy atom. The largest absolute Gasteiger partial charge is 0.393 e. The number of aliphatic hydroxyl groups is 1. The lowest BCUT2D eigenvalue weighted by Crippen LogP contribution is -2.21. The van der Waals surface area contributed by atoms with Gasteiger partial charge >= 0.3 is 0 Å². The van der Waals surface area contributed by atoms with Crippen LogP contribution in [0.4, 0.5) is 5.69 Å². The van der Waals surface area contributed by atoms with Crippen molar-refractivity contribution in [2.45, 2.75) is 45.8 Å². The molecule has 0 radical (unpaired) electrons. The maximum atomic E-state index is 10.1. The van der Waals surface area contributed by atoms with Gasteiger partial charge in [0, 0.05) is 23.2 Å². The van der Waals surface area contributed by atoms with Crippen molar-refractivity contribution in [2.75, 3.05) is 5.32 Å². The van der Waals surface area contributed by atoms with Gasteiger partial charge in [-0.15, -0.1) is 0 Å². The van der Waals surface area contributed by atoms with Gasteiger partial charge in [0.25, 0.3) is 0 Å². The highest BCUT2D eigenvalue weighted by Crippen LogP contribution is 2.32. The van der Waals surface area contributed by atoms with Gasteiger partial charge in [-0.05, 0) is 44.4 Å². The summed E-state index contributed by atoms with van der Waals surface area (Å²) in [6, 6.07) is 4.08. The quantitative estimate of drug-likeness (QED) is 0.759. The van der Waals surface area contributed by atoms with Gasteiger partial charge in [-0.3, -0.25) is 0 Å². The third kappa shape index (κ3) is 2.88. The zero-order valence-corrected chi connectivity index (χ0v) is 11.9. The molecule has 1 aromatic carbocycles. The highest BCUT2D eigenvalue weighted by molar-refractivity contribution is 6.31. The van der Waals surface area contributed by atoms with Crippen molar-refractivity contribution in [3.05, 3.63) is 39.9 Å². The molecule has 18 heavy (non-hydrogen) atoms. The molecule has 2 atom stereocenters. The first-order valence-electron chi connectivity index (χ1n) is 6.35. The van der Waals surface area contributed by atoms with Crippen LogP contribution in [0.25, 0.3) is 0 Å². The number of allylic oxidation sites excluding steroid dienone is 1. The Bertz CT molecular complexity index is 478. The van der Waals surface area contributed by atoms with E-state index < -0.39 is 0 Å². The number of fused-ring (bicyclic) bond motifs is 1. The summed E-state index contributed by atoms with van der Waals surface area (Å²) in [6.45, 7) is 6.17. The predicted molar refractivity (Wildman–Crippen MR) is 77.4 cm³/mol. The van der Waals surface area contributed by atoms with Crippen molar-refractivity contribution in [1.82, 2.24) is 0 Å². The first kappa shape index (κ1) is 13.4. The van der Waals surface area contributed by atoms with Crippen molar-refractivity contribution in [2.24, 2.45) is 0 Å². The van der Waals surface area contributed by atoms with E-state index in [1.165, 1.54) is 5.57 Å². The molecule has 2 nitrogen and oxygen atoms in total. The number of nitrogens with one attached hydrogen (secondary N) is 1. The number of anilines is 1. The first-order chi connectivity index (χ1) is 8.47. The van der Waals surface area contributed by atoms with Gasteiger partial charge < -0.3 is 10.4 Å². The van der Waals surface area contributed by atoms with Crippen LogP contribution >= 0.6 is 11.6 Å². The van der Waals surface area contributed by atoms with E-state index in [4.69, 9.17) is 11.6 Å². The van der Waals surface area contributed by atoms with Crippen LogP contribution in [0.1, 0.15) is 31.4 Å². The summed E-state index contributed by atoms with van der Waals surface area (Å²) in [6.07, 6.45) is 3.28. The summed E-state index contributed by atoms with van der Waals surface area (Å²) >= 11 is 6.17. The van der Waals surface area contributed by atoms with Crippen molar-refractivity contribution in [1.29, 1.82) is 0 Å². The molecule has 0 bridgehead atoms. The Morgan fingerprint density at radius 1 is 1.44 bits per heavy atom.